The van der Waals surface area contributed by atoms with Gasteiger partial charge in [-0.25, -0.2) is 4.79 Å². The summed E-state index contributed by atoms with van der Waals surface area (Å²) in [6.45, 7) is 4.16. The Kier molecular flexibility index (Phi) is 6.11. The van der Waals surface area contributed by atoms with Crippen LogP contribution >= 0.6 is 23.4 Å². The molecule has 0 saturated carbocycles. The number of rotatable bonds is 6. The summed E-state index contributed by atoms with van der Waals surface area (Å²) in [6.07, 6.45) is 0. The monoisotopic (exact) mass is 454 g/mol. The van der Waals surface area contributed by atoms with Crippen LogP contribution in [0.15, 0.2) is 62.9 Å². The van der Waals surface area contributed by atoms with E-state index in [0.717, 1.165) is 27.5 Å². The Hall–Kier alpha value is -3.10. The Balaban J connectivity index is 1.63. The molecule has 158 valence electrons. The first-order chi connectivity index (χ1) is 14.9. The molecule has 1 N–H and O–H groups in total. The lowest BCUT2D eigenvalue weighted by molar-refractivity contribution is -0.114. The molecule has 0 bridgehead atoms. The zero-order valence-electron chi connectivity index (χ0n) is 16.9. The van der Waals surface area contributed by atoms with Gasteiger partial charge in [-0.2, -0.15) is 0 Å². The highest BCUT2D eigenvalue weighted by atomic mass is 35.5. The predicted molar refractivity (Wildman–Crippen MR) is 122 cm³/mol. The maximum absolute atomic E-state index is 12.1. The highest BCUT2D eigenvalue weighted by Gasteiger charge is 2.15. The third-order valence-electron chi connectivity index (χ3n) is 4.64. The van der Waals surface area contributed by atoms with Crippen LogP contribution in [0.5, 0.6) is 0 Å². The first kappa shape index (κ1) is 21.1. The van der Waals surface area contributed by atoms with Crippen LogP contribution in [0, 0.1) is 0 Å². The zero-order chi connectivity index (χ0) is 22.0. The molecule has 31 heavy (non-hydrogen) atoms. The van der Waals surface area contributed by atoms with Crippen LogP contribution in [0.3, 0.4) is 0 Å². The number of benzene rings is 2. The van der Waals surface area contributed by atoms with Gasteiger partial charge in [0.25, 0.3) is 0 Å². The third kappa shape index (κ3) is 4.65. The van der Waals surface area contributed by atoms with Crippen molar-refractivity contribution >= 4 is 45.9 Å². The summed E-state index contributed by atoms with van der Waals surface area (Å²) in [5.41, 5.74) is 2.31. The van der Waals surface area contributed by atoms with E-state index >= 15 is 0 Å². The van der Waals surface area contributed by atoms with Crippen molar-refractivity contribution < 1.29 is 9.21 Å². The smallest absolute Gasteiger partial charge is 0.336 e. The number of aromatic nitrogens is 3. The van der Waals surface area contributed by atoms with E-state index in [2.05, 4.69) is 15.5 Å². The number of halogens is 1. The molecule has 0 radical (unpaired) electrons. The number of fused-ring (bicyclic) bond motifs is 1. The van der Waals surface area contributed by atoms with Crippen molar-refractivity contribution in [3.05, 3.63) is 69.5 Å². The van der Waals surface area contributed by atoms with Gasteiger partial charge in [0.1, 0.15) is 5.58 Å². The van der Waals surface area contributed by atoms with Gasteiger partial charge in [0, 0.05) is 53.0 Å². The van der Waals surface area contributed by atoms with E-state index in [0.29, 0.717) is 28.6 Å². The fourth-order valence-electron chi connectivity index (χ4n) is 3.27. The Morgan fingerprint density at radius 1 is 1.16 bits per heavy atom. The molecule has 0 saturated heterocycles. The van der Waals surface area contributed by atoms with Crippen molar-refractivity contribution in [1.29, 1.82) is 0 Å². The van der Waals surface area contributed by atoms with Crippen molar-refractivity contribution in [2.24, 2.45) is 0 Å². The molecule has 0 unspecified atom stereocenters. The van der Waals surface area contributed by atoms with Crippen LogP contribution in [-0.4, -0.2) is 20.7 Å². The molecule has 0 atom stereocenters. The van der Waals surface area contributed by atoms with Crippen LogP contribution in [0.4, 0.5) is 5.69 Å². The number of amides is 1. The van der Waals surface area contributed by atoms with Crippen LogP contribution in [0.25, 0.3) is 22.4 Å². The molecular formula is C22H19ClN4O3S. The minimum Gasteiger partial charge on any atom is -0.423 e. The molecule has 0 fully saturated rings. The Labute approximate surface area is 187 Å². The van der Waals surface area contributed by atoms with Crippen LogP contribution in [0.2, 0.25) is 5.02 Å². The molecule has 0 spiro atoms. The van der Waals surface area contributed by atoms with Crippen molar-refractivity contribution in [2.75, 3.05) is 5.32 Å². The summed E-state index contributed by atoms with van der Waals surface area (Å²) < 4.78 is 7.36. The normalized spacial score (nSPS) is 11.1. The molecule has 0 aliphatic carbocycles. The SMILES string of the molecule is CCn1c(SCc2cc(=O)oc3cc(NC(C)=O)ccc23)nnc1-c1ccc(Cl)cc1. The van der Waals surface area contributed by atoms with Gasteiger partial charge in [-0.1, -0.05) is 23.4 Å². The van der Waals surface area contributed by atoms with Gasteiger partial charge in [0.05, 0.1) is 0 Å². The number of hydrogen-bond acceptors (Lipinski definition) is 6. The maximum Gasteiger partial charge on any atom is 0.336 e. The third-order valence-corrected chi connectivity index (χ3v) is 5.91. The summed E-state index contributed by atoms with van der Waals surface area (Å²) in [4.78, 5) is 23.4. The van der Waals surface area contributed by atoms with Crippen molar-refractivity contribution in [1.82, 2.24) is 14.8 Å². The number of nitrogens with zero attached hydrogens (tertiary/aromatic N) is 3. The summed E-state index contributed by atoms with van der Waals surface area (Å²) in [5, 5.41) is 13.6. The largest absolute Gasteiger partial charge is 0.423 e. The maximum atomic E-state index is 12.1. The lowest BCUT2D eigenvalue weighted by Crippen LogP contribution is -2.06. The van der Waals surface area contributed by atoms with E-state index in [1.54, 1.807) is 12.1 Å². The summed E-state index contributed by atoms with van der Waals surface area (Å²) in [7, 11) is 0. The van der Waals surface area contributed by atoms with E-state index in [4.69, 9.17) is 16.0 Å². The van der Waals surface area contributed by atoms with Gasteiger partial charge in [-0.15, -0.1) is 10.2 Å². The standard InChI is InChI=1S/C22H19ClN4O3S/c1-3-27-21(14-4-6-16(23)7-5-14)25-26-22(27)31-12-15-10-20(29)30-19-11-17(24-13(2)28)8-9-18(15)19/h4-11H,3,12H2,1-2H3,(H,24,28). The molecule has 0 aliphatic heterocycles. The highest BCUT2D eigenvalue weighted by molar-refractivity contribution is 7.98. The number of nitrogens with one attached hydrogen (secondary N) is 1. The van der Waals surface area contributed by atoms with E-state index in [1.807, 2.05) is 41.8 Å². The average molecular weight is 455 g/mol. The first-order valence-corrected chi connectivity index (χ1v) is 11.0. The molecule has 2 aromatic carbocycles. The topological polar surface area (TPSA) is 90.0 Å². The molecule has 9 heteroatoms. The van der Waals surface area contributed by atoms with E-state index in [-0.39, 0.29) is 5.91 Å². The molecule has 2 heterocycles. The van der Waals surface area contributed by atoms with Gasteiger partial charge < -0.3 is 14.3 Å². The van der Waals surface area contributed by atoms with Crippen molar-refractivity contribution in [2.45, 2.75) is 31.3 Å². The molecule has 0 aliphatic rings. The minimum absolute atomic E-state index is 0.191. The lowest BCUT2D eigenvalue weighted by atomic mass is 10.1. The summed E-state index contributed by atoms with van der Waals surface area (Å²) >= 11 is 7.48. The number of anilines is 1. The van der Waals surface area contributed by atoms with Gasteiger partial charge in [0.2, 0.25) is 5.91 Å². The van der Waals surface area contributed by atoms with Crippen molar-refractivity contribution in [3.63, 3.8) is 0 Å². The van der Waals surface area contributed by atoms with Crippen LogP contribution < -0.4 is 10.9 Å². The van der Waals surface area contributed by atoms with Gasteiger partial charge in [-0.3, -0.25) is 4.79 Å². The molecule has 4 rings (SSSR count). The molecule has 1 amide bonds. The van der Waals surface area contributed by atoms with E-state index in [1.165, 1.54) is 24.8 Å². The fourth-order valence-corrected chi connectivity index (χ4v) is 4.39. The van der Waals surface area contributed by atoms with Gasteiger partial charge >= 0.3 is 5.63 Å². The minimum atomic E-state index is -0.443. The number of carbonyl (C=O) groups is 1. The molecular weight excluding hydrogens is 436 g/mol. The first-order valence-electron chi connectivity index (χ1n) is 9.61. The number of carbonyl (C=O) groups excluding carboxylic acids is 1. The second-order valence-corrected chi connectivity index (χ2v) is 8.21. The fraction of sp³-hybridized carbons (Fsp3) is 0.182. The number of thioether (sulfide) groups is 1. The zero-order valence-corrected chi connectivity index (χ0v) is 18.5. The molecule has 4 aromatic rings. The number of hydrogen-bond donors (Lipinski definition) is 1. The molecule has 2 aromatic heterocycles. The van der Waals surface area contributed by atoms with E-state index < -0.39 is 5.63 Å². The van der Waals surface area contributed by atoms with Crippen LogP contribution in [-0.2, 0) is 17.1 Å². The summed E-state index contributed by atoms with van der Waals surface area (Å²) in [5.74, 6) is 1.09. The van der Waals surface area contributed by atoms with Crippen molar-refractivity contribution in [3.8, 4) is 11.4 Å². The van der Waals surface area contributed by atoms with Crippen LogP contribution in [0.1, 0.15) is 19.4 Å². The average Bonchev–Trinajstić information content (AvgIpc) is 3.14. The van der Waals surface area contributed by atoms with E-state index in [9.17, 15) is 9.59 Å². The molecule has 7 nitrogen and oxygen atoms in total. The second kappa shape index (κ2) is 8.95. The quantitative estimate of drug-likeness (QED) is 0.326. The van der Waals surface area contributed by atoms with Gasteiger partial charge in [-0.05, 0) is 48.9 Å². The Bertz CT molecular complexity index is 1310. The Morgan fingerprint density at radius 3 is 2.65 bits per heavy atom. The predicted octanol–water partition coefficient (Wildman–Crippen LogP) is 4.98. The summed E-state index contributed by atoms with van der Waals surface area (Å²) in [6, 6.07) is 14.2. The second-order valence-electron chi connectivity index (χ2n) is 6.83. The highest BCUT2D eigenvalue weighted by Crippen LogP contribution is 2.30. The Morgan fingerprint density at radius 2 is 1.94 bits per heavy atom. The van der Waals surface area contributed by atoms with Gasteiger partial charge in [0.15, 0.2) is 11.0 Å². The lowest BCUT2D eigenvalue weighted by Gasteiger charge is -2.09.